The lowest BCUT2D eigenvalue weighted by Crippen LogP contribution is -2.27. The second kappa shape index (κ2) is 5.43. The molecule has 1 fully saturated rings. The average Bonchev–Trinajstić information content (AvgIpc) is 3.16. The van der Waals surface area contributed by atoms with Crippen LogP contribution in [0.15, 0.2) is 29.8 Å². The summed E-state index contributed by atoms with van der Waals surface area (Å²) in [4.78, 5) is 6.92. The van der Waals surface area contributed by atoms with Gasteiger partial charge in [-0.25, -0.2) is 4.98 Å². The predicted molar refractivity (Wildman–Crippen MR) is 88.1 cm³/mol. The van der Waals surface area contributed by atoms with Crippen molar-refractivity contribution in [3.05, 3.63) is 45.9 Å². The third kappa shape index (κ3) is 2.70. The molecule has 110 valence electrons. The summed E-state index contributed by atoms with van der Waals surface area (Å²) in [5, 5.41) is 7.02. The summed E-state index contributed by atoms with van der Waals surface area (Å²) in [6.07, 6.45) is 6.96. The second-order valence-electron chi connectivity index (χ2n) is 6.16. The summed E-state index contributed by atoms with van der Waals surface area (Å²) >= 11 is 1.75. The molecule has 1 aromatic carbocycles. The lowest BCUT2D eigenvalue weighted by Gasteiger charge is -2.29. The summed E-state index contributed by atoms with van der Waals surface area (Å²) in [6.45, 7) is 1.17. The van der Waals surface area contributed by atoms with E-state index in [1.165, 1.54) is 54.0 Å². The van der Waals surface area contributed by atoms with Crippen LogP contribution in [-0.4, -0.2) is 24.6 Å². The van der Waals surface area contributed by atoms with Crippen LogP contribution >= 0.6 is 11.3 Å². The third-order valence-corrected chi connectivity index (χ3v) is 5.31. The van der Waals surface area contributed by atoms with E-state index in [0.29, 0.717) is 6.04 Å². The highest BCUT2D eigenvalue weighted by molar-refractivity contribution is 7.09. The number of hydrogen-bond acceptors (Lipinski definition) is 4. The van der Waals surface area contributed by atoms with Crippen molar-refractivity contribution in [2.45, 2.75) is 37.8 Å². The second-order valence-corrected chi connectivity index (χ2v) is 7.08. The Morgan fingerprint density at radius 1 is 1.38 bits per heavy atom. The number of aromatic nitrogens is 1. The van der Waals surface area contributed by atoms with Crippen LogP contribution in [0.25, 0.3) is 0 Å². The molecular formula is C17H21N3S. The van der Waals surface area contributed by atoms with Gasteiger partial charge in [-0.05, 0) is 42.9 Å². The van der Waals surface area contributed by atoms with Crippen LogP contribution in [-0.2, 0) is 6.42 Å². The van der Waals surface area contributed by atoms with Gasteiger partial charge in [-0.2, -0.15) is 0 Å². The number of hydrogen-bond donors (Lipinski definition) is 1. The molecule has 2 aliphatic rings. The van der Waals surface area contributed by atoms with Crippen molar-refractivity contribution < 1.29 is 0 Å². The first-order chi connectivity index (χ1) is 10.3. The first-order valence-electron chi connectivity index (χ1n) is 7.80. The van der Waals surface area contributed by atoms with E-state index in [2.05, 4.69) is 45.8 Å². The smallest absolute Gasteiger partial charge is 0.114 e. The minimum atomic E-state index is 0.259. The largest absolute Gasteiger partial charge is 0.374 e. The summed E-state index contributed by atoms with van der Waals surface area (Å²) in [7, 11) is 2.19. The zero-order valence-electron chi connectivity index (χ0n) is 12.4. The van der Waals surface area contributed by atoms with E-state index in [0.717, 1.165) is 0 Å². The fraction of sp³-hybridized carbons (Fsp3) is 0.471. The lowest BCUT2D eigenvalue weighted by molar-refractivity contribution is 0.596. The van der Waals surface area contributed by atoms with Crippen LogP contribution in [0, 0.1) is 0 Å². The number of aryl methyl sites for hydroxylation is 1. The van der Waals surface area contributed by atoms with Gasteiger partial charge in [-0.1, -0.05) is 12.1 Å². The van der Waals surface area contributed by atoms with Crippen molar-refractivity contribution >= 4 is 17.0 Å². The normalized spacial score (nSPS) is 19.4. The number of nitrogens with zero attached hydrogens (tertiary/aromatic N) is 2. The van der Waals surface area contributed by atoms with Crippen LogP contribution in [0.1, 0.15) is 41.4 Å². The van der Waals surface area contributed by atoms with Gasteiger partial charge in [-0.3, -0.25) is 0 Å². The van der Waals surface area contributed by atoms with Gasteiger partial charge in [0.05, 0.1) is 6.04 Å². The van der Waals surface area contributed by atoms with Crippen LogP contribution in [0.5, 0.6) is 0 Å². The van der Waals surface area contributed by atoms with Crippen molar-refractivity contribution in [2.24, 2.45) is 0 Å². The highest BCUT2D eigenvalue weighted by Crippen LogP contribution is 2.33. The quantitative estimate of drug-likeness (QED) is 0.938. The number of benzene rings is 1. The first-order valence-corrected chi connectivity index (χ1v) is 8.68. The molecule has 0 bridgehead atoms. The summed E-state index contributed by atoms with van der Waals surface area (Å²) in [5.74, 6) is 0. The molecule has 21 heavy (non-hydrogen) atoms. The van der Waals surface area contributed by atoms with Crippen molar-refractivity contribution in [3.63, 3.8) is 0 Å². The monoisotopic (exact) mass is 299 g/mol. The molecule has 0 radical (unpaired) electrons. The molecule has 4 rings (SSSR count). The van der Waals surface area contributed by atoms with Crippen molar-refractivity contribution in [1.29, 1.82) is 0 Å². The molecule has 1 N–H and O–H groups in total. The molecule has 0 amide bonds. The van der Waals surface area contributed by atoms with Crippen LogP contribution in [0.4, 0.5) is 5.69 Å². The number of rotatable bonds is 4. The number of nitrogens with one attached hydrogen (secondary N) is 1. The maximum absolute atomic E-state index is 4.55. The summed E-state index contributed by atoms with van der Waals surface area (Å²) in [5.41, 5.74) is 4.25. The molecule has 4 heteroatoms. The molecule has 1 unspecified atom stereocenters. The van der Waals surface area contributed by atoms with Crippen LogP contribution in [0.3, 0.4) is 0 Å². The maximum Gasteiger partial charge on any atom is 0.114 e. The Kier molecular flexibility index (Phi) is 3.43. The van der Waals surface area contributed by atoms with Gasteiger partial charge in [0.2, 0.25) is 0 Å². The van der Waals surface area contributed by atoms with Gasteiger partial charge in [0, 0.05) is 36.9 Å². The summed E-state index contributed by atoms with van der Waals surface area (Å²) < 4.78 is 0. The molecule has 0 spiro atoms. The highest BCUT2D eigenvalue weighted by atomic mass is 32.1. The molecule has 3 nitrogen and oxygen atoms in total. The third-order valence-electron chi connectivity index (χ3n) is 4.47. The number of fused-ring (bicyclic) bond motifs is 1. The number of thiazole rings is 1. The molecule has 0 saturated heterocycles. The molecule has 1 aliphatic heterocycles. The van der Waals surface area contributed by atoms with Crippen molar-refractivity contribution in [1.82, 2.24) is 10.3 Å². The predicted octanol–water partition coefficient (Wildman–Crippen LogP) is 3.37. The Morgan fingerprint density at radius 3 is 3.05 bits per heavy atom. The first kappa shape index (κ1) is 13.3. The minimum Gasteiger partial charge on any atom is -0.374 e. The Hall–Kier alpha value is -1.39. The van der Waals surface area contributed by atoms with E-state index in [4.69, 9.17) is 0 Å². The number of anilines is 1. The zero-order chi connectivity index (χ0) is 14.2. The van der Waals surface area contributed by atoms with Gasteiger partial charge in [0.15, 0.2) is 0 Å². The molecule has 1 atom stereocenters. The Labute approximate surface area is 130 Å². The Morgan fingerprint density at radius 2 is 2.29 bits per heavy atom. The van der Waals surface area contributed by atoms with Crippen molar-refractivity contribution in [3.8, 4) is 0 Å². The molecule has 1 aromatic heterocycles. The zero-order valence-corrected chi connectivity index (χ0v) is 13.2. The molecule has 1 saturated carbocycles. The van der Waals surface area contributed by atoms with Crippen LogP contribution < -0.4 is 10.2 Å². The fourth-order valence-electron chi connectivity index (χ4n) is 3.16. The molecule has 2 heterocycles. The van der Waals surface area contributed by atoms with Gasteiger partial charge in [-0.15, -0.1) is 11.3 Å². The van der Waals surface area contributed by atoms with E-state index < -0.39 is 0 Å². The fourth-order valence-corrected chi connectivity index (χ4v) is 3.88. The molecule has 2 aromatic rings. The van der Waals surface area contributed by atoms with Crippen molar-refractivity contribution in [2.75, 3.05) is 18.5 Å². The highest BCUT2D eigenvalue weighted by Gasteiger charge is 2.28. The van der Waals surface area contributed by atoms with Gasteiger partial charge in [0.1, 0.15) is 5.01 Å². The Bertz CT molecular complexity index is 619. The maximum atomic E-state index is 4.55. The average molecular weight is 299 g/mol. The van der Waals surface area contributed by atoms with Gasteiger partial charge < -0.3 is 10.2 Å². The SMILES string of the molecule is CN1CCCc2cc(C(NC3CC3)c3nccs3)ccc21. The van der Waals surface area contributed by atoms with E-state index in [-0.39, 0.29) is 6.04 Å². The minimum absolute atomic E-state index is 0.259. The van der Waals surface area contributed by atoms with E-state index in [1.54, 1.807) is 11.3 Å². The standard InChI is InChI=1S/C17H21N3S/c1-20-9-2-3-12-11-13(4-7-15(12)20)16(19-14-5-6-14)17-18-8-10-21-17/h4,7-8,10-11,14,16,19H,2-3,5-6,9H2,1H3. The van der Waals surface area contributed by atoms with Crippen LogP contribution in [0.2, 0.25) is 0 Å². The van der Waals surface area contributed by atoms with E-state index in [9.17, 15) is 0 Å². The van der Waals surface area contributed by atoms with Gasteiger partial charge >= 0.3 is 0 Å². The topological polar surface area (TPSA) is 28.2 Å². The summed E-state index contributed by atoms with van der Waals surface area (Å²) in [6, 6.07) is 7.90. The Balaban J connectivity index is 1.69. The molecule has 1 aliphatic carbocycles. The lowest BCUT2D eigenvalue weighted by atomic mass is 9.96. The van der Waals surface area contributed by atoms with E-state index in [1.807, 2.05) is 6.20 Å². The van der Waals surface area contributed by atoms with E-state index >= 15 is 0 Å². The molecular weight excluding hydrogens is 278 g/mol. The van der Waals surface area contributed by atoms with Gasteiger partial charge in [0.25, 0.3) is 0 Å².